The topological polar surface area (TPSA) is 108 Å². The Bertz CT molecular complexity index is 1190. The third-order valence-corrected chi connectivity index (χ3v) is 12.2. The first-order chi connectivity index (χ1) is 27.8. The number of rotatable bonds is 34. The third kappa shape index (κ3) is 17.3. The smallest absolute Gasteiger partial charge is 0.228 e. The van der Waals surface area contributed by atoms with Crippen LogP contribution in [0.1, 0.15) is 168 Å². The number of hydrogen-bond acceptors (Lipinski definition) is 10. The minimum Gasteiger partial charge on any atom is -0.489 e. The zero-order valence-electron chi connectivity index (χ0n) is 36.6. The van der Waals surface area contributed by atoms with E-state index in [1.165, 1.54) is 78.4 Å². The van der Waals surface area contributed by atoms with Gasteiger partial charge in [0.1, 0.15) is 19.8 Å². The van der Waals surface area contributed by atoms with Gasteiger partial charge in [-0.15, -0.1) is 0 Å². The molecule has 11 heteroatoms. The average molecular weight is 810 g/mol. The molecule has 2 heterocycles. The van der Waals surface area contributed by atoms with Crippen LogP contribution in [-0.2, 0) is 47.5 Å². The van der Waals surface area contributed by atoms with Gasteiger partial charge in [0.2, 0.25) is 23.1 Å². The molecule has 7 atom stereocenters. The van der Waals surface area contributed by atoms with Crippen molar-refractivity contribution in [1.29, 1.82) is 0 Å². The number of Topliss-reactive ketones (excluding diaryl/α,β-unsaturated/α-hetero) is 2. The number of unbranched alkanes of at least 4 members (excludes halogenated alkanes) is 14. The molecule has 0 saturated carbocycles. The van der Waals surface area contributed by atoms with Crippen molar-refractivity contribution in [3.8, 4) is 0 Å². The number of halogens is 1. The highest BCUT2D eigenvalue weighted by molar-refractivity contribution is 6.23. The Balaban J connectivity index is 1.31. The van der Waals surface area contributed by atoms with Gasteiger partial charge in [0.05, 0.1) is 51.3 Å². The fraction of sp³-hybridized carbons (Fsp3) is 0.870. The van der Waals surface area contributed by atoms with Crippen LogP contribution in [0.25, 0.3) is 0 Å². The first-order valence-electron chi connectivity index (χ1n) is 22.5. The van der Waals surface area contributed by atoms with E-state index in [0.29, 0.717) is 32.5 Å². The SMILES string of the molecule is CCCCCCCCCCC(OCOC)C1CCC(C2CCC(C(CCCCCCCCCCC([18F])CC3=C(C)C(=O)C(OC)=C(OC)C3=O)COCOC)O2)O1. The highest BCUT2D eigenvalue weighted by atomic mass is 18.2. The normalized spacial score (nSPS) is 23.1. The van der Waals surface area contributed by atoms with E-state index in [1.807, 2.05) is 0 Å². The molecule has 0 bridgehead atoms. The molecule has 10 nitrogen and oxygen atoms in total. The van der Waals surface area contributed by atoms with Crippen LogP contribution in [0.15, 0.2) is 22.7 Å². The second-order valence-electron chi connectivity index (χ2n) is 16.5. The quantitative estimate of drug-likeness (QED) is 0.0354. The summed E-state index contributed by atoms with van der Waals surface area (Å²) in [6, 6.07) is 0. The van der Waals surface area contributed by atoms with Crippen molar-refractivity contribution in [2.75, 3.05) is 48.6 Å². The van der Waals surface area contributed by atoms with Gasteiger partial charge in [-0.2, -0.15) is 0 Å². The largest absolute Gasteiger partial charge is 0.489 e. The summed E-state index contributed by atoms with van der Waals surface area (Å²) in [5.41, 5.74) is 0.430. The van der Waals surface area contributed by atoms with E-state index in [-0.39, 0.29) is 59.6 Å². The molecule has 0 aromatic rings. The van der Waals surface area contributed by atoms with Crippen LogP contribution < -0.4 is 0 Å². The van der Waals surface area contributed by atoms with Crippen molar-refractivity contribution in [2.45, 2.75) is 205 Å². The highest BCUT2D eigenvalue weighted by Gasteiger charge is 2.42. The van der Waals surface area contributed by atoms with Gasteiger partial charge in [-0.3, -0.25) is 9.59 Å². The Morgan fingerprint density at radius 2 is 1.14 bits per heavy atom. The highest BCUT2D eigenvalue weighted by Crippen LogP contribution is 2.37. The predicted molar refractivity (Wildman–Crippen MR) is 221 cm³/mol. The van der Waals surface area contributed by atoms with Crippen molar-refractivity contribution in [1.82, 2.24) is 0 Å². The number of ketones is 2. The van der Waals surface area contributed by atoms with Crippen LogP contribution in [0.3, 0.4) is 0 Å². The molecule has 7 unspecified atom stereocenters. The van der Waals surface area contributed by atoms with Crippen LogP contribution in [-0.4, -0.2) is 96.9 Å². The maximum absolute atomic E-state index is 14.9. The van der Waals surface area contributed by atoms with Crippen molar-refractivity contribution in [3.05, 3.63) is 22.7 Å². The summed E-state index contributed by atoms with van der Waals surface area (Å²) in [6.45, 7) is 5.06. The van der Waals surface area contributed by atoms with E-state index in [1.54, 1.807) is 21.1 Å². The summed E-state index contributed by atoms with van der Waals surface area (Å²) in [6.07, 6.45) is 24.8. The lowest BCUT2D eigenvalue weighted by Gasteiger charge is -2.27. The molecule has 1 aliphatic carbocycles. The van der Waals surface area contributed by atoms with E-state index >= 15 is 0 Å². The Hall–Kier alpha value is -1.89. The third-order valence-electron chi connectivity index (χ3n) is 12.2. The fourth-order valence-electron chi connectivity index (χ4n) is 8.81. The first-order valence-corrected chi connectivity index (χ1v) is 22.5. The molecule has 0 amide bonds. The Morgan fingerprint density at radius 3 is 1.72 bits per heavy atom. The molecular formula is C46H79FO10. The number of ether oxygens (including phenoxy) is 8. The summed E-state index contributed by atoms with van der Waals surface area (Å²) in [7, 11) is 5.99. The maximum Gasteiger partial charge on any atom is 0.228 e. The van der Waals surface area contributed by atoms with Gasteiger partial charge in [0.25, 0.3) is 0 Å². The number of allylic oxidation sites excluding steroid dienone is 2. The average Bonchev–Trinajstić information content (AvgIpc) is 3.91. The first kappa shape index (κ1) is 49.5. The predicted octanol–water partition coefficient (Wildman–Crippen LogP) is 10.4. The van der Waals surface area contributed by atoms with E-state index in [4.69, 9.17) is 37.9 Å². The second-order valence-corrected chi connectivity index (χ2v) is 16.5. The number of carbonyl (C=O) groups is 2. The van der Waals surface area contributed by atoms with E-state index in [9.17, 15) is 14.0 Å². The van der Waals surface area contributed by atoms with Gasteiger partial charge in [-0.1, -0.05) is 110 Å². The number of carbonyl (C=O) groups excluding carboxylic acids is 2. The van der Waals surface area contributed by atoms with Crippen LogP contribution in [0.5, 0.6) is 0 Å². The monoisotopic (exact) mass is 810 g/mol. The van der Waals surface area contributed by atoms with Crippen LogP contribution in [0, 0.1) is 5.92 Å². The molecule has 0 aromatic carbocycles. The Morgan fingerprint density at radius 1 is 0.632 bits per heavy atom. The lowest BCUT2D eigenvalue weighted by atomic mass is 9.89. The van der Waals surface area contributed by atoms with Crippen molar-refractivity contribution >= 4 is 11.6 Å². The molecule has 3 rings (SSSR count). The molecule has 2 saturated heterocycles. The molecule has 57 heavy (non-hydrogen) atoms. The Kier molecular flexibility index (Phi) is 25.5. The molecule has 0 spiro atoms. The maximum atomic E-state index is 14.9. The number of methoxy groups -OCH3 is 4. The van der Waals surface area contributed by atoms with Gasteiger partial charge >= 0.3 is 0 Å². The van der Waals surface area contributed by atoms with Crippen LogP contribution in [0.4, 0.5) is 4.39 Å². The molecule has 3 aliphatic rings. The van der Waals surface area contributed by atoms with Crippen LogP contribution in [0.2, 0.25) is 0 Å². The van der Waals surface area contributed by atoms with Gasteiger partial charge in [-0.25, -0.2) is 4.39 Å². The van der Waals surface area contributed by atoms with Gasteiger partial charge in [0, 0.05) is 37.7 Å². The number of alkyl halides is 1. The van der Waals surface area contributed by atoms with Gasteiger partial charge < -0.3 is 37.9 Å². The second kappa shape index (κ2) is 29.4. The van der Waals surface area contributed by atoms with Gasteiger partial charge in [0.15, 0.2) is 0 Å². The lowest BCUT2D eigenvalue weighted by molar-refractivity contribution is -0.146. The van der Waals surface area contributed by atoms with Crippen molar-refractivity contribution in [3.63, 3.8) is 0 Å². The minimum absolute atomic E-state index is 0.0692. The summed E-state index contributed by atoms with van der Waals surface area (Å²) in [5.74, 6) is -0.805. The summed E-state index contributed by atoms with van der Waals surface area (Å²) in [5, 5.41) is 0. The zero-order chi connectivity index (χ0) is 41.3. The standard InChI is InChI=1S/C46H79FO10/c1-7-8-9-10-11-16-19-22-25-39(55-33-51-4)40-28-29-42(57-40)41-27-26-38(56-41)35(31-54-32-50-3)23-20-17-14-12-13-15-18-21-24-36(47)30-37-34(2)43(48)45(52-5)46(53-6)44(37)49/h35-36,38-42H,7-33H2,1-6H3/i47-1. The van der Waals surface area contributed by atoms with E-state index < -0.39 is 17.7 Å². The Labute approximate surface area is 344 Å². The molecule has 0 aromatic heterocycles. The molecule has 2 fully saturated rings. The van der Waals surface area contributed by atoms with Crippen molar-refractivity contribution < 1.29 is 51.9 Å². The fourth-order valence-corrected chi connectivity index (χ4v) is 8.81. The summed E-state index contributed by atoms with van der Waals surface area (Å²) in [4.78, 5) is 25.4. The number of hydrogen-bond donors (Lipinski definition) is 0. The van der Waals surface area contributed by atoms with Gasteiger partial charge in [-0.05, 0) is 51.9 Å². The van der Waals surface area contributed by atoms with Crippen LogP contribution >= 0.6 is 0 Å². The van der Waals surface area contributed by atoms with E-state index in [2.05, 4.69) is 6.92 Å². The molecular weight excluding hydrogens is 730 g/mol. The molecule has 330 valence electrons. The molecule has 0 N–H and O–H groups in total. The molecule has 0 radical (unpaired) electrons. The van der Waals surface area contributed by atoms with Crippen molar-refractivity contribution in [2.24, 2.45) is 5.92 Å². The minimum atomic E-state index is -1.18. The molecule has 2 aliphatic heterocycles. The summed E-state index contributed by atoms with van der Waals surface area (Å²) >= 11 is 0. The summed E-state index contributed by atoms with van der Waals surface area (Å²) < 4.78 is 61.0. The zero-order valence-corrected chi connectivity index (χ0v) is 36.6. The lowest BCUT2D eigenvalue weighted by Crippen LogP contribution is -2.34. The van der Waals surface area contributed by atoms with E-state index in [0.717, 1.165) is 77.0 Å².